The summed E-state index contributed by atoms with van der Waals surface area (Å²) in [7, 11) is 0. The number of carbonyl (C=O) groups is 2. The first-order chi connectivity index (χ1) is 13.6. The molecule has 0 atom stereocenters. The van der Waals surface area contributed by atoms with Crippen LogP contribution in [0.4, 0.5) is 10.7 Å². The first-order valence-electron chi connectivity index (χ1n) is 8.64. The van der Waals surface area contributed by atoms with Crippen LogP contribution in [0.25, 0.3) is 0 Å². The number of carbonyl (C=O) groups excluding carboxylic acids is 2. The average Bonchev–Trinajstić information content (AvgIpc) is 3.22. The molecule has 0 bridgehead atoms. The standard InChI is InChI=1S/C20H19BrN4O3S/c1-20(2,3)14(26)8-13-17(27)16(19(28)24-15-9-23-10-29-15)18(22)25(13)12-7-5-4-6-11(12)21/h4-10,22,27H,1-3H3,(H,24,28). The summed E-state index contributed by atoms with van der Waals surface area (Å²) >= 11 is 4.65. The van der Waals surface area contributed by atoms with Crippen molar-refractivity contribution in [1.29, 1.82) is 5.41 Å². The highest BCUT2D eigenvalue weighted by atomic mass is 79.9. The SMILES string of the molecule is CC(C)(C)C(=O)C=C1C(O)=C(C(=O)Nc2cncs2)C(=N)N1c1ccccc1Br. The zero-order valence-corrected chi connectivity index (χ0v) is 18.4. The molecule has 7 nitrogen and oxygen atoms in total. The lowest BCUT2D eigenvalue weighted by Gasteiger charge is -2.23. The third kappa shape index (κ3) is 4.15. The predicted octanol–water partition coefficient (Wildman–Crippen LogP) is 4.65. The highest BCUT2D eigenvalue weighted by molar-refractivity contribution is 9.10. The molecular formula is C20H19BrN4O3S. The number of benzene rings is 1. The molecule has 0 spiro atoms. The van der Waals surface area contributed by atoms with Crippen LogP contribution >= 0.6 is 27.3 Å². The van der Waals surface area contributed by atoms with E-state index in [1.54, 1.807) is 44.5 Å². The van der Waals surface area contributed by atoms with Gasteiger partial charge in [-0.1, -0.05) is 32.9 Å². The smallest absolute Gasteiger partial charge is 0.263 e. The number of nitrogens with one attached hydrogen (secondary N) is 2. The topological polar surface area (TPSA) is 106 Å². The van der Waals surface area contributed by atoms with Crippen LogP contribution in [0.15, 0.2) is 63.6 Å². The minimum atomic E-state index is -0.692. The summed E-state index contributed by atoms with van der Waals surface area (Å²) in [6.45, 7) is 5.27. The summed E-state index contributed by atoms with van der Waals surface area (Å²) in [4.78, 5) is 30.7. The van der Waals surface area contributed by atoms with E-state index in [1.165, 1.54) is 28.5 Å². The molecule has 2 heterocycles. The number of amidine groups is 1. The van der Waals surface area contributed by atoms with E-state index in [1.807, 2.05) is 6.07 Å². The number of hydrogen-bond acceptors (Lipinski definition) is 6. The van der Waals surface area contributed by atoms with Crippen LogP contribution in [0.2, 0.25) is 0 Å². The van der Waals surface area contributed by atoms with Crippen molar-refractivity contribution in [2.24, 2.45) is 5.41 Å². The number of rotatable bonds is 4. The van der Waals surface area contributed by atoms with E-state index in [0.717, 1.165) is 0 Å². The van der Waals surface area contributed by atoms with Crippen molar-refractivity contribution in [1.82, 2.24) is 4.98 Å². The largest absolute Gasteiger partial charge is 0.505 e. The van der Waals surface area contributed by atoms with Crippen molar-refractivity contribution < 1.29 is 14.7 Å². The van der Waals surface area contributed by atoms with Crippen molar-refractivity contribution in [3.8, 4) is 0 Å². The number of amides is 1. The molecule has 1 aliphatic heterocycles. The predicted molar refractivity (Wildman–Crippen MR) is 117 cm³/mol. The van der Waals surface area contributed by atoms with Crippen molar-refractivity contribution >= 4 is 55.5 Å². The average molecular weight is 475 g/mol. The fourth-order valence-electron chi connectivity index (χ4n) is 2.60. The summed E-state index contributed by atoms with van der Waals surface area (Å²) < 4.78 is 0.649. The number of halogens is 1. The van der Waals surface area contributed by atoms with Gasteiger partial charge in [0.2, 0.25) is 0 Å². The Morgan fingerprint density at radius 2 is 2.00 bits per heavy atom. The van der Waals surface area contributed by atoms with Gasteiger partial charge in [-0.15, -0.1) is 11.3 Å². The van der Waals surface area contributed by atoms with E-state index in [2.05, 4.69) is 26.2 Å². The van der Waals surface area contributed by atoms with Gasteiger partial charge in [-0.05, 0) is 28.1 Å². The van der Waals surface area contributed by atoms with Gasteiger partial charge in [-0.25, -0.2) is 0 Å². The van der Waals surface area contributed by atoms with Crippen molar-refractivity contribution in [2.45, 2.75) is 20.8 Å². The van der Waals surface area contributed by atoms with Crippen LogP contribution in [-0.2, 0) is 9.59 Å². The maximum Gasteiger partial charge on any atom is 0.263 e. The normalized spacial score (nSPS) is 15.9. The maximum absolute atomic E-state index is 12.8. The van der Waals surface area contributed by atoms with Crippen molar-refractivity contribution in [2.75, 3.05) is 10.2 Å². The highest BCUT2D eigenvalue weighted by Crippen LogP contribution is 2.38. The summed E-state index contributed by atoms with van der Waals surface area (Å²) in [6.07, 6.45) is 2.75. The monoisotopic (exact) mass is 474 g/mol. The lowest BCUT2D eigenvalue weighted by atomic mass is 9.90. The van der Waals surface area contributed by atoms with Crippen molar-refractivity contribution in [3.05, 3.63) is 63.6 Å². The Balaban J connectivity index is 2.11. The molecule has 2 aromatic rings. The molecule has 1 aromatic heterocycles. The van der Waals surface area contributed by atoms with Crippen LogP contribution in [0.3, 0.4) is 0 Å². The lowest BCUT2D eigenvalue weighted by molar-refractivity contribution is -0.121. The minimum Gasteiger partial charge on any atom is -0.505 e. The fraction of sp³-hybridized carbons (Fsp3) is 0.200. The zero-order valence-electron chi connectivity index (χ0n) is 16.0. The number of nitrogens with zero attached hydrogens (tertiary/aromatic N) is 2. The molecule has 0 fully saturated rings. The van der Waals surface area contributed by atoms with Gasteiger partial charge in [0.25, 0.3) is 5.91 Å². The molecule has 1 amide bonds. The van der Waals surface area contributed by atoms with Crippen molar-refractivity contribution in [3.63, 3.8) is 0 Å². The van der Waals surface area contributed by atoms with E-state index >= 15 is 0 Å². The first-order valence-corrected chi connectivity index (χ1v) is 10.3. The summed E-state index contributed by atoms with van der Waals surface area (Å²) in [6, 6.07) is 7.08. The third-order valence-electron chi connectivity index (χ3n) is 4.18. The van der Waals surface area contributed by atoms with E-state index in [0.29, 0.717) is 15.2 Å². The second kappa shape index (κ2) is 7.92. The first kappa shape index (κ1) is 20.9. The Kier molecular flexibility index (Phi) is 5.72. The van der Waals surface area contributed by atoms with E-state index < -0.39 is 17.1 Å². The van der Waals surface area contributed by atoms with Crippen LogP contribution < -0.4 is 10.2 Å². The quantitative estimate of drug-likeness (QED) is 0.558. The van der Waals surface area contributed by atoms with Gasteiger partial charge >= 0.3 is 0 Å². The van der Waals surface area contributed by atoms with Crippen LogP contribution in [0.5, 0.6) is 0 Å². The van der Waals surface area contributed by atoms with Gasteiger partial charge in [-0.3, -0.25) is 24.9 Å². The van der Waals surface area contributed by atoms with E-state index in [9.17, 15) is 14.7 Å². The van der Waals surface area contributed by atoms with E-state index in [4.69, 9.17) is 5.41 Å². The molecule has 9 heteroatoms. The number of thiazole rings is 1. The Bertz CT molecular complexity index is 1050. The Labute approximate surface area is 180 Å². The third-order valence-corrected chi connectivity index (χ3v) is 5.54. The summed E-state index contributed by atoms with van der Waals surface area (Å²) in [5, 5.41) is 22.5. The summed E-state index contributed by atoms with van der Waals surface area (Å²) in [5.74, 6) is -1.55. The highest BCUT2D eigenvalue weighted by Gasteiger charge is 2.39. The zero-order chi connectivity index (χ0) is 21.3. The Morgan fingerprint density at radius 3 is 2.59 bits per heavy atom. The maximum atomic E-state index is 12.8. The second-order valence-electron chi connectivity index (χ2n) is 7.32. The van der Waals surface area contributed by atoms with Gasteiger partial charge in [0, 0.05) is 16.0 Å². The number of ketones is 1. The molecule has 3 rings (SSSR count). The minimum absolute atomic E-state index is 0.0799. The fourth-order valence-corrected chi connectivity index (χ4v) is 3.57. The molecule has 0 unspecified atom stereocenters. The molecule has 150 valence electrons. The number of aliphatic hydroxyl groups excluding tert-OH is 1. The van der Waals surface area contributed by atoms with Gasteiger partial charge in [0.15, 0.2) is 11.5 Å². The molecule has 1 aromatic carbocycles. The molecular weight excluding hydrogens is 456 g/mol. The molecule has 0 saturated carbocycles. The van der Waals surface area contributed by atoms with Crippen LogP contribution in [-0.4, -0.2) is 27.6 Å². The second-order valence-corrected chi connectivity index (χ2v) is 9.06. The molecule has 0 radical (unpaired) electrons. The number of para-hydroxylation sites is 1. The van der Waals surface area contributed by atoms with Gasteiger partial charge < -0.3 is 10.4 Å². The molecule has 3 N–H and O–H groups in total. The number of anilines is 2. The molecule has 0 saturated heterocycles. The number of allylic oxidation sites excluding steroid dienone is 1. The molecule has 29 heavy (non-hydrogen) atoms. The Morgan fingerprint density at radius 1 is 1.31 bits per heavy atom. The van der Waals surface area contributed by atoms with Crippen LogP contribution in [0, 0.1) is 10.8 Å². The van der Waals surface area contributed by atoms with Gasteiger partial charge in [0.05, 0.1) is 23.1 Å². The van der Waals surface area contributed by atoms with Crippen LogP contribution in [0.1, 0.15) is 20.8 Å². The Hall–Kier alpha value is -2.78. The molecule has 1 aliphatic rings. The summed E-state index contributed by atoms with van der Waals surface area (Å²) in [5.41, 5.74) is 1.25. The molecule has 0 aliphatic carbocycles. The van der Waals surface area contributed by atoms with Gasteiger partial charge in [-0.2, -0.15) is 0 Å². The number of aliphatic hydroxyl groups is 1. The number of hydrogen-bond donors (Lipinski definition) is 3. The lowest BCUT2D eigenvalue weighted by Crippen LogP contribution is -2.30. The number of aromatic nitrogens is 1. The van der Waals surface area contributed by atoms with Gasteiger partial charge in [0.1, 0.15) is 16.4 Å². The van der Waals surface area contributed by atoms with E-state index in [-0.39, 0.29) is 22.9 Å².